The second-order valence-electron chi connectivity index (χ2n) is 5.26. The lowest BCUT2D eigenvalue weighted by molar-refractivity contribution is 0.0529. The summed E-state index contributed by atoms with van der Waals surface area (Å²) in [4.78, 5) is 4.12. The minimum absolute atomic E-state index is 0.371. The van der Waals surface area contributed by atoms with Gasteiger partial charge in [0.05, 0.1) is 0 Å². The van der Waals surface area contributed by atoms with E-state index in [2.05, 4.69) is 10.1 Å². The lowest BCUT2D eigenvalue weighted by Gasteiger charge is -2.42. The summed E-state index contributed by atoms with van der Waals surface area (Å²) in [5, 5.41) is 3.91. The van der Waals surface area contributed by atoms with Gasteiger partial charge < -0.3 is 15.0 Å². The third-order valence-corrected chi connectivity index (χ3v) is 3.22. The van der Waals surface area contributed by atoms with Crippen LogP contribution in [0.5, 0.6) is 5.75 Å². The predicted molar refractivity (Wildman–Crippen MR) is 65.0 cm³/mol. The first kappa shape index (κ1) is 11.2. The van der Waals surface area contributed by atoms with Gasteiger partial charge in [-0.15, -0.1) is 0 Å². The van der Waals surface area contributed by atoms with Crippen LogP contribution in [0.1, 0.15) is 31.7 Å². The van der Waals surface area contributed by atoms with Gasteiger partial charge in [-0.2, -0.15) is 4.98 Å². The molecule has 0 saturated heterocycles. The summed E-state index contributed by atoms with van der Waals surface area (Å²) < 4.78 is 10.8. The molecular formula is C13H15N3O2. The van der Waals surface area contributed by atoms with Crippen LogP contribution in [0.25, 0.3) is 0 Å². The molecule has 1 aromatic heterocycles. The maximum Gasteiger partial charge on any atom is 0.213 e. The van der Waals surface area contributed by atoms with Gasteiger partial charge in [-0.05, 0) is 19.9 Å². The lowest BCUT2D eigenvalue weighted by Crippen LogP contribution is -2.50. The van der Waals surface area contributed by atoms with Gasteiger partial charge in [0.1, 0.15) is 16.9 Å². The van der Waals surface area contributed by atoms with Crippen LogP contribution in [0.4, 0.5) is 0 Å². The van der Waals surface area contributed by atoms with E-state index in [0.29, 0.717) is 12.2 Å². The number of ether oxygens (including phenoxy) is 1. The van der Waals surface area contributed by atoms with Crippen molar-refractivity contribution < 1.29 is 9.26 Å². The van der Waals surface area contributed by atoms with Crippen molar-refractivity contribution >= 4 is 0 Å². The minimum Gasteiger partial charge on any atom is -0.487 e. The van der Waals surface area contributed by atoms with Crippen molar-refractivity contribution in [2.75, 3.05) is 0 Å². The van der Waals surface area contributed by atoms with Crippen LogP contribution in [-0.4, -0.2) is 15.7 Å². The molecule has 0 fully saturated rings. The third-order valence-electron chi connectivity index (χ3n) is 3.22. The summed E-state index contributed by atoms with van der Waals surface area (Å²) in [6.07, 6.45) is 1.89. The van der Waals surface area contributed by atoms with E-state index < -0.39 is 5.54 Å². The van der Waals surface area contributed by atoms with Gasteiger partial charge in [-0.25, -0.2) is 0 Å². The molecule has 94 valence electrons. The van der Waals surface area contributed by atoms with Crippen LogP contribution in [0.15, 0.2) is 35.2 Å². The van der Waals surface area contributed by atoms with E-state index in [0.717, 1.165) is 11.3 Å². The molecule has 3 rings (SSSR count). The summed E-state index contributed by atoms with van der Waals surface area (Å²) in [7, 11) is 0. The maximum atomic E-state index is 6.55. The highest BCUT2D eigenvalue weighted by molar-refractivity contribution is 5.45. The monoisotopic (exact) mass is 245 g/mol. The molecule has 2 aromatic rings. The fourth-order valence-electron chi connectivity index (χ4n) is 2.59. The molecule has 2 heterocycles. The zero-order valence-electron chi connectivity index (χ0n) is 10.4. The highest BCUT2D eigenvalue weighted by Crippen LogP contribution is 2.44. The number of hydrogen-bond donors (Lipinski definition) is 1. The molecular weight excluding hydrogens is 230 g/mol. The number of rotatable bonds is 1. The Bertz CT molecular complexity index is 565. The van der Waals surface area contributed by atoms with Crippen molar-refractivity contribution in [2.45, 2.75) is 31.4 Å². The van der Waals surface area contributed by atoms with Crippen LogP contribution in [0.2, 0.25) is 0 Å². The number of fused-ring (bicyclic) bond motifs is 1. The van der Waals surface area contributed by atoms with Crippen LogP contribution >= 0.6 is 0 Å². The molecule has 0 spiro atoms. The molecule has 1 aliphatic heterocycles. The molecule has 18 heavy (non-hydrogen) atoms. The largest absolute Gasteiger partial charge is 0.487 e. The first-order chi connectivity index (χ1) is 8.51. The zero-order chi connectivity index (χ0) is 12.8. The van der Waals surface area contributed by atoms with Crippen molar-refractivity contribution in [2.24, 2.45) is 5.73 Å². The Labute approximate surface area is 105 Å². The Balaban J connectivity index is 2.21. The van der Waals surface area contributed by atoms with Gasteiger partial charge in [0, 0.05) is 12.0 Å². The first-order valence-corrected chi connectivity index (χ1v) is 5.86. The third kappa shape index (κ3) is 1.59. The first-order valence-electron chi connectivity index (χ1n) is 5.86. The maximum absolute atomic E-state index is 6.55. The fraction of sp³-hybridized carbons (Fsp3) is 0.385. The standard InChI is InChI=1S/C13H15N3O2/c1-12(2)7-13(14,11-15-8-17-16-11)9-5-3-4-6-10(9)18-12/h3-6,8H,7,14H2,1-2H3. The van der Waals surface area contributed by atoms with Crippen LogP contribution in [0, 0.1) is 0 Å². The van der Waals surface area contributed by atoms with Crippen LogP contribution < -0.4 is 10.5 Å². The minimum atomic E-state index is -0.772. The van der Waals surface area contributed by atoms with Crippen molar-refractivity contribution in [1.82, 2.24) is 10.1 Å². The number of hydrogen-bond acceptors (Lipinski definition) is 5. The quantitative estimate of drug-likeness (QED) is 0.829. The molecule has 1 aliphatic rings. The molecule has 5 heteroatoms. The molecule has 0 bridgehead atoms. The molecule has 0 aliphatic carbocycles. The lowest BCUT2D eigenvalue weighted by atomic mass is 9.78. The fourth-order valence-corrected chi connectivity index (χ4v) is 2.59. The number of benzene rings is 1. The number of para-hydroxylation sites is 1. The molecule has 1 unspecified atom stereocenters. The summed E-state index contributed by atoms with van der Waals surface area (Å²) in [6, 6.07) is 7.72. The highest BCUT2D eigenvalue weighted by Gasteiger charge is 2.46. The topological polar surface area (TPSA) is 74.2 Å². The normalized spacial score (nSPS) is 25.3. The molecule has 1 atom stereocenters. The van der Waals surface area contributed by atoms with Crippen molar-refractivity contribution in [1.29, 1.82) is 0 Å². The van der Waals surface area contributed by atoms with Gasteiger partial charge in [0.15, 0.2) is 5.82 Å². The number of aromatic nitrogens is 2. The summed E-state index contributed by atoms with van der Waals surface area (Å²) in [5.74, 6) is 1.27. The Hall–Kier alpha value is -1.88. The predicted octanol–water partition coefficient (Wildman–Crippen LogP) is 1.83. The average Bonchev–Trinajstić information content (AvgIpc) is 2.81. The van der Waals surface area contributed by atoms with E-state index >= 15 is 0 Å². The molecule has 2 N–H and O–H groups in total. The van der Waals surface area contributed by atoms with Gasteiger partial charge >= 0.3 is 0 Å². The zero-order valence-corrected chi connectivity index (χ0v) is 10.4. The summed E-state index contributed by atoms with van der Waals surface area (Å²) in [5.41, 5.74) is 6.30. The van der Waals surface area contributed by atoms with Crippen LogP contribution in [-0.2, 0) is 5.54 Å². The van der Waals surface area contributed by atoms with E-state index in [-0.39, 0.29) is 5.60 Å². The molecule has 0 amide bonds. The Morgan fingerprint density at radius 3 is 2.78 bits per heavy atom. The average molecular weight is 245 g/mol. The van der Waals surface area contributed by atoms with Gasteiger partial charge in [-0.1, -0.05) is 23.4 Å². The van der Waals surface area contributed by atoms with E-state index in [1.54, 1.807) is 0 Å². The summed E-state index contributed by atoms with van der Waals surface area (Å²) in [6.45, 7) is 4.01. The van der Waals surface area contributed by atoms with Crippen LogP contribution in [0.3, 0.4) is 0 Å². The Morgan fingerprint density at radius 1 is 1.28 bits per heavy atom. The van der Waals surface area contributed by atoms with Gasteiger partial charge in [0.25, 0.3) is 0 Å². The second-order valence-corrected chi connectivity index (χ2v) is 5.26. The SMILES string of the molecule is CC1(C)CC(N)(c2ncon2)c2ccccc2O1. The molecule has 0 radical (unpaired) electrons. The van der Waals surface area contributed by atoms with E-state index in [9.17, 15) is 0 Å². The Morgan fingerprint density at radius 2 is 2.06 bits per heavy atom. The van der Waals surface area contributed by atoms with Crippen molar-refractivity contribution in [3.05, 3.63) is 42.0 Å². The molecule has 1 aromatic carbocycles. The molecule has 5 nitrogen and oxygen atoms in total. The van der Waals surface area contributed by atoms with E-state index in [1.165, 1.54) is 6.39 Å². The van der Waals surface area contributed by atoms with Gasteiger partial charge in [-0.3, -0.25) is 0 Å². The number of nitrogens with zero attached hydrogens (tertiary/aromatic N) is 2. The smallest absolute Gasteiger partial charge is 0.213 e. The highest BCUT2D eigenvalue weighted by atomic mass is 16.5. The van der Waals surface area contributed by atoms with E-state index in [1.807, 2.05) is 38.1 Å². The van der Waals surface area contributed by atoms with Gasteiger partial charge in [0.2, 0.25) is 6.39 Å². The van der Waals surface area contributed by atoms with E-state index in [4.69, 9.17) is 15.0 Å². The summed E-state index contributed by atoms with van der Waals surface area (Å²) >= 11 is 0. The second kappa shape index (κ2) is 3.55. The van der Waals surface area contributed by atoms with Crippen molar-refractivity contribution in [3.8, 4) is 5.75 Å². The molecule has 0 saturated carbocycles. The van der Waals surface area contributed by atoms with Crippen molar-refractivity contribution in [3.63, 3.8) is 0 Å². The Kier molecular flexibility index (Phi) is 2.22. The number of nitrogens with two attached hydrogens (primary N) is 1.